The maximum absolute atomic E-state index is 12.9. The van der Waals surface area contributed by atoms with Crippen LogP contribution < -0.4 is 5.32 Å². The van der Waals surface area contributed by atoms with E-state index in [4.69, 9.17) is 16.0 Å². The van der Waals surface area contributed by atoms with Crippen LogP contribution >= 0.6 is 22.9 Å². The van der Waals surface area contributed by atoms with E-state index < -0.39 is 0 Å². The highest BCUT2D eigenvalue weighted by Crippen LogP contribution is 2.29. The van der Waals surface area contributed by atoms with Gasteiger partial charge in [0.1, 0.15) is 5.69 Å². The number of halogens is 1. The van der Waals surface area contributed by atoms with E-state index in [0.717, 1.165) is 30.9 Å². The minimum atomic E-state index is -0.310. The van der Waals surface area contributed by atoms with E-state index in [9.17, 15) is 4.79 Å². The Morgan fingerprint density at radius 3 is 2.87 bits per heavy atom. The van der Waals surface area contributed by atoms with Crippen molar-refractivity contribution in [1.82, 2.24) is 19.7 Å². The van der Waals surface area contributed by atoms with Crippen LogP contribution in [0.4, 0.5) is 5.13 Å². The van der Waals surface area contributed by atoms with Crippen molar-refractivity contribution >= 4 is 34.0 Å². The molecule has 1 aliphatic heterocycles. The molecule has 0 bridgehead atoms. The summed E-state index contributed by atoms with van der Waals surface area (Å²) in [6.07, 6.45) is 2.48. The average molecular weight is 440 g/mol. The average Bonchev–Trinajstić information content (AvgIpc) is 3.47. The summed E-state index contributed by atoms with van der Waals surface area (Å²) in [7, 11) is 2.08. The fraction of sp³-hybridized carbons (Fsp3) is 0.190. The third-order valence-electron chi connectivity index (χ3n) is 4.93. The van der Waals surface area contributed by atoms with Crippen LogP contribution in [-0.4, -0.2) is 39.2 Å². The van der Waals surface area contributed by atoms with Gasteiger partial charge in [0.15, 0.2) is 16.6 Å². The number of nitrogens with one attached hydrogen (secondary N) is 1. The summed E-state index contributed by atoms with van der Waals surface area (Å²) in [5, 5.41) is 8.65. The monoisotopic (exact) mass is 439 g/mol. The molecule has 0 aliphatic carbocycles. The van der Waals surface area contributed by atoms with Gasteiger partial charge in [0.05, 0.1) is 17.6 Å². The molecule has 1 amide bonds. The lowest BCUT2D eigenvalue weighted by atomic mass is 10.2. The van der Waals surface area contributed by atoms with E-state index in [1.165, 1.54) is 16.2 Å². The van der Waals surface area contributed by atoms with E-state index in [1.54, 1.807) is 35.2 Å². The Balaban J connectivity index is 1.46. The van der Waals surface area contributed by atoms with Crippen LogP contribution in [0.15, 0.2) is 53.1 Å². The van der Waals surface area contributed by atoms with Crippen LogP contribution in [0, 0.1) is 0 Å². The SMILES string of the molecule is CN1CCc2nc(NC(=O)c3cc(-c4ccco4)n(-c4ccc(Cl)cc4)n3)sc2C1. The van der Waals surface area contributed by atoms with E-state index in [1.807, 2.05) is 18.2 Å². The molecule has 0 atom stereocenters. The summed E-state index contributed by atoms with van der Waals surface area (Å²) < 4.78 is 7.22. The van der Waals surface area contributed by atoms with Gasteiger partial charge in [-0.15, -0.1) is 11.3 Å². The first-order chi connectivity index (χ1) is 14.6. The molecule has 0 saturated carbocycles. The second-order valence-electron chi connectivity index (χ2n) is 7.11. The van der Waals surface area contributed by atoms with Crippen molar-refractivity contribution in [1.29, 1.82) is 0 Å². The van der Waals surface area contributed by atoms with Crippen molar-refractivity contribution in [3.05, 3.63) is 70.0 Å². The van der Waals surface area contributed by atoms with Gasteiger partial charge in [-0.05, 0) is 43.4 Å². The summed E-state index contributed by atoms with van der Waals surface area (Å²) >= 11 is 7.53. The number of carbonyl (C=O) groups excluding carboxylic acids is 1. The lowest BCUT2D eigenvalue weighted by Crippen LogP contribution is -2.25. The van der Waals surface area contributed by atoms with Crippen molar-refractivity contribution in [2.75, 3.05) is 18.9 Å². The Bertz CT molecular complexity index is 1200. The van der Waals surface area contributed by atoms with Gasteiger partial charge >= 0.3 is 0 Å². The first-order valence-corrected chi connectivity index (χ1v) is 10.6. The van der Waals surface area contributed by atoms with Gasteiger partial charge in [0.2, 0.25) is 0 Å². The molecule has 4 aromatic rings. The molecule has 9 heteroatoms. The number of aromatic nitrogens is 3. The zero-order valence-corrected chi connectivity index (χ0v) is 17.7. The highest BCUT2D eigenvalue weighted by atomic mass is 35.5. The molecule has 30 heavy (non-hydrogen) atoms. The van der Waals surface area contributed by atoms with Gasteiger partial charge in [0, 0.05) is 35.5 Å². The van der Waals surface area contributed by atoms with Gasteiger partial charge in [-0.1, -0.05) is 11.6 Å². The number of thiazole rings is 1. The van der Waals surface area contributed by atoms with Crippen molar-refractivity contribution < 1.29 is 9.21 Å². The second-order valence-corrected chi connectivity index (χ2v) is 8.63. The van der Waals surface area contributed by atoms with Gasteiger partial charge in [0.25, 0.3) is 5.91 Å². The van der Waals surface area contributed by atoms with E-state index in [2.05, 4.69) is 27.3 Å². The van der Waals surface area contributed by atoms with Crippen molar-refractivity contribution in [3.8, 4) is 17.1 Å². The van der Waals surface area contributed by atoms with Gasteiger partial charge < -0.3 is 9.32 Å². The molecule has 0 unspecified atom stereocenters. The van der Waals surface area contributed by atoms with Gasteiger partial charge in [-0.3, -0.25) is 10.1 Å². The van der Waals surface area contributed by atoms with Crippen LogP contribution in [-0.2, 0) is 13.0 Å². The minimum absolute atomic E-state index is 0.279. The molecule has 0 fully saturated rings. The minimum Gasteiger partial charge on any atom is -0.463 e. The standard InChI is InChI=1S/C21H18ClN5O2S/c1-26-9-8-15-19(12-26)30-21(23-15)24-20(28)16-11-17(18-3-2-10-29-18)27(25-16)14-6-4-13(22)5-7-14/h2-7,10-11H,8-9,12H2,1H3,(H,23,24,28). The van der Waals surface area contributed by atoms with Crippen LogP contribution in [0.5, 0.6) is 0 Å². The predicted octanol–water partition coefficient (Wildman–Crippen LogP) is 4.48. The zero-order chi connectivity index (χ0) is 20.7. The molecule has 0 spiro atoms. The normalized spacial score (nSPS) is 13.9. The van der Waals surface area contributed by atoms with Gasteiger partial charge in [-0.25, -0.2) is 9.67 Å². The lowest BCUT2D eigenvalue weighted by Gasteiger charge is -2.20. The number of hydrogen-bond donors (Lipinski definition) is 1. The summed E-state index contributed by atoms with van der Waals surface area (Å²) in [4.78, 5) is 21.0. The molecule has 1 aliphatic rings. The van der Waals surface area contributed by atoms with E-state index in [0.29, 0.717) is 21.6 Å². The van der Waals surface area contributed by atoms with Crippen LogP contribution in [0.1, 0.15) is 21.1 Å². The highest BCUT2D eigenvalue weighted by molar-refractivity contribution is 7.15. The third kappa shape index (κ3) is 3.65. The number of hydrogen-bond acceptors (Lipinski definition) is 6. The number of amides is 1. The molecule has 1 aromatic carbocycles. The first kappa shape index (κ1) is 19.0. The van der Waals surface area contributed by atoms with Crippen molar-refractivity contribution in [2.24, 2.45) is 0 Å². The summed E-state index contributed by atoms with van der Waals surface area (Å²) in [5.74, 6) is 0.305. The number of fused-ring (bicyclic) bond motifs is 1. The highest BCUT2D eigenvalue weighted by Gasteiger charge is 2.22. The van der Waals surface area contributed by atoms with Crippen LogP contribution in [0.2, 0.25) is 5.02 Å². The number of nitrogens with zero attached hydrogens (tertiary/aromatic N) is 4. The molecule has 5 rings (SSSR count). The third-order valence-corrected chi connectivity index (χ3v) is 6.18. The summed E-state index contributed by atoms with van der Waals surface area (Å²) in [6.45, 7) is 1.83. The largest absolute Gasteiger partial charge is 0.463 e. The maximum atomic E-state index is 12.9. The second kappa shape index (κ2) is 7.71. The molecule has 7 nitrogen and oxygen atoms in total. The molecule has 0 saturated heterocycles. The number of furan rings is 1. The molecule has 0 radical (unpaired) electrons. The fourth-order valence-corrected chi connectivity index (χ4v) is 4.62. The number of rotatable bonds is 4. The molecule has 3 aromatic heterocycles. The fourth-order valence-electron chi connectivity index (χ4n) is 3.41. The van der Waals surface area contributed by atoms with Crippen molar-refractivity contribution in [3.63, 3.8) is 0 Å². The number of anilines is 1. The first-order valence-electron chi connectivity index (χ1n) is 9.45. The molecule has 4 heterocycles. The number of benzene rings is 1. The molecule has 152 valence electrons. The Morgan fingerprint density at radius 2 is 2.10 bits per heavy atom. The Hall–Kier alpha value is -2.94. The predicted molar refractivity (Wildman–Crippen MR) is 116 cm³/mol. The topological polar surface area (TPSA) is 76.2 Å². The van der Waals surface area contributed by atoms with Crippen LogP contribution in [0.25, 0.3) is 17.1 Å². The smallest absolute Gasteiger partial charge is 0.277 e. The lowest BCUT2D eigenvalue weighted by molar-refractivity contribution is 0.102. The summed E-state index contributed by atoms with van der Waals surface area (Å²) in [6, 6.07) is 12.6. The van der Waals surface area contributed by atoms with E-state index >= 15 is 0 Å². The molecular weight excluding hydrogens is 422 g/mol. The van der Waals surface area contributed by atoms with Gasteiger partial charge in [-0.2, -0.15) is 5.10 Å². The zero-order valence-electron chi connectivity index (χ0n) is 16.1. The number of carbonyl (C=O) groups is 1. The Morgan fingerprint density at radius 1 is 1.27 bits per heavy atom. The van der Waals surface area contributed by atoms with E-state index in [-0.39, 0.29) is 11.6 Å². The molecular formula is C21H18ClN5O2S. The Kier molecular flexibility index (Phi) is 4.90. The molecule has 1 N–H and O–H groups in total. The Labute approximate surface area is 181 Å². The quantitative estimate of drug-likeness (QED) is 0.507. The van der Waals surface area contributed by atoms with Crippen molar-refractivity contribution in [2.45, 2.75) is 13.0 Å². The van der Waals surface area contributed by atoms with Crippen LogP contribution in [0.3, 0.4) is 0 Å². The summed E-state index contributed by atoms with van der Waals surface area (Å²) in [5.41, 5.74) is 2.79. The number of likely N-dealkylation sites (N-methyl/N-ethyl adjacent to an activating group) is 1. The maximum Gasteiger partial charge on any atom is 0.277 e.